The second-order valence-corrected chi connectivity index (χ2v) is 9.77. The van der Waals surface area contributed by atoms with Gasteiger partial charge in [-0.05, 0) is 54.0 Å². The maximum atomic E-state index is 13.4. The Labute approximate surface area is 202 Å². The van der Waals surface area contributed by atoms with Crippen molar-refractivity contribution >= 4 is 39.3 Å². The molecule has 0 saturated carbocycles. The zero-order valence-corrected chi connectivity index (χ0v) is 19.9. The summed E-state index contributed by atoms with van der Waals surface area (Å²) < 4.78 is 3.51. The third-order valence-electron chi connectivity index (χ3n) is 7.63. The van der Waals surface area contributed by atoms with Crippen LogP contribution in [-0.2, 0) is 17.8 Å². The first kappa shape index (κ1) is 21.4. The monoisotopic (exact) mass is 474 g/mol. The van der Waals surface area contributed by atoms with Crippen molar-refractivity contribution in [2.24, 2.45) is 0 Å². The van der Waals surface area contributed by atoms with Gasteiger partial charge in [-0.3, -0.25) is 18.8 Å². The molecule has 4 aromatic rings. The number of aromatic nitrogens is 2. The van der Waals surface area contributed by atoms with Crippen LogP contribution in [0.4, 0.5) is 0 Å². The molecule has 6 nitrogen and oxygen atoms in total. The van der Waals surface area contributed by atoms with Gasteiger partial charge in [0, 0.05) is 42.6 Å². The van der Waals surface area contributed by atoms with Crippen LogP contribution in [0.2, 0.25) is 5.02 Å². The number of amides is 1. The predicted molar refractivity (Wildman–Crippen MR) is 136 cm³/mol. The molecule has 1 saturated heterocycles. The minimum absolute atomic E-state index is 0.0363. The highest BCUT2D eigenvalue weighted by Gasteiger charge is 2.33. The largest absolute Gasteiger partial charge is 0.358 e. The molecule has 1 aromatic heterocycles. The summed E-state index contributed by atoms with van der Waals surface area (Å²) in [6, 6.07) is 18.9. The Kier molecular flexibility index (Phi) is 5.23. The lowest BCUT2D eigenvalue weighted by Crippen LogP contribution is -2.40. The van der Waals surface area contributed by atoms with Gasteiger partial charge >= 0.3 is 5.69 Å². The summed E-state index contributed by atoms with van der Waals surface area (Å²) in [4.78, 5) is 28.0. The first-order valence-electron chi connectivity index (χ1n) is 11.9. The molecule has 1 N–H and O–H groups in total. The average Bonchev–Trinajstić information content (AvgIpc) is 3.37. The minimum Gasteiger partial charge on any atom is -0.358 e. The number of rotatable bonds is 4. The number of hydrogen-bond acceptors (Lipinski definition) is 3. The number of carbonyl (C=O) groups is 1. The molecule has 1 unspecified atom stereocenters. The van der Waals surface area contributed by atoms with E-state index < -0.39 is 0 Å². The summed E-state index contributed by atoms with van der Waals surface area (Å²) in [5, 5.41) is 5.90. The number of benzene rings is 3. The zero-order chi connectivity index (χ0) is 23.4. The molecule has 7 heteroatoms. The number of nitrogens with one attached hydrogen (secondary N) is 1. The molecule has 174 valence electrons. The van der Waals surface area contributed by atoms with Crippen LogP contribution in [0.5, 0.6) is 0 Å². The Morgan fingerprint density at radius 3 is 2.56 bits per heavy atom. The van der Waals surface area contributed by atoms with Crippen molar-refractivity contribution in [2.45, 2.75) is 37.9 Å². The third-order valence-corrected chi connectivity index (χ3v) is 7.96. The van der Waals surface area contributed by atoms with E-state index in [0.29, 0.717) is 6.04 Å². The fourth-order valence-corrected chi connectivity index (χ4v) is 6.20. The van der Waals surface area contributed by atoms with Crippen LogP contribution in [0, 0.1) is 0 Å². The molecule has 6 rings (SSSR count). The summed E-state index contributed by atoms with van der Waals surface area (Å²) in [5.41, 5.74) is 4.36. The van der Waals surface area contributed by atoms with Gasteiger partial charge in [0.25, 0.3) is 0 Å². The summed E-state index contributed by atoms with van der Waals surface area (Å²) in [6.45, 7) is 1.89. The molecule has 1 amide bonds. The van der Waals surface area contributed by atoms with Crippen molar-refractivity contribution < 1.29 is 4.79 Å². The van der Waals surface area contributed by atoms with Gasteiger partial charge in [0.15, 0.2) is 0 Å². The molecule has 0 spiro atoms. The molecule has 34 heavy (non-hydrogen) atoms. The standard InChI is InChI=1S/C27H27ClN4O2/c1-29-25(33)16-31-22-7-2-3-8-23(22)32(27(31)34)18-11-13-30(14-12-18)24-15-17-5-4-6-19-21(28)10-9-20(24)26(17)19/h2-10,18,24H,11-16H2,1H3,(H,29,33). The van der Waals surface area contributed by atoms with Crippen LogP contribution in [0.3, 0.4) is 0 Å². The SMILES string of the molecule is CNC(=O)Cn1c(=O)n(C2CCN(C3Cc4cccc5c(Cl)ccc3c45)CC2)c2ccccc21. The lowest BCUT2D eigenvalue weighted by atomic mass is 9.99. The highest BCUT2D eigenvalue weighted by Crippen LogP contribution is 2.43. The average molecular weight is 475 g/mol. The topological polar surface area (TPSA) is 59.3 Å². The molecule has 1 fully saturated rings. The molecule has 1 aliphatic heterocycles. The number of likely N-dealkylation sites (tertiary alicyclic amines) is 1. The second-order valence-electron chi connectivity index (χ2n) is 9.36. The van der Waals surface area contributed by atoms with Gasteiger partial charge < -0.3 is 5.32 Å². The van der Waals surface area contributed by atoms with E-state index in [2.05, 4.69) is 34.5 Å². The van der Waals surface area contributed by atoms with Gasteiger partial charge in [-0.25, -0.2) is 4.79 Å². The van der Waals surface area contributed by atoms with Crippen LogP contribution in [-0.4, -0.2) is 40.1 Å². The first-order valence-corrected chi connectivity index (χ1v) is 12.3. The van der Waals surface area contributed by atoms with E-state index in [-0.39, 0.29) is 24.2 Å². The number of fused-ring (bicyclic) bond motifs is 1. The number of halogens is 1. The summed E-state index contributed by atoms with van der Waals surface area (Å²) >= 11 is 6.48. The highest BCUT2D eigenvalue weighted by molar-refractivity contribution is 6.35. The Balaban J connectivity index is 1.28. The molecule has 0 radical (unpaired) electrons. The highest BCUT2D eigenvalue weighted by atomic mass is 35.5. The first-order chi connectivity index (χ1) is 16.6. The van der Waals surface area contributed by atoms with Crippen LogP contribution in [0.15, 0.2) is 59.4 Å². The van der Waals surface area contributed by atoms with Crippen molar-refractivity contribution in [3.05, 3.63) is 81.2 Å². The van der Waals surface area contributed by atoms with Crippen LogP contribution >= 0.6 is 11.6 Å². The van der Waals surface area contributed by atoms with Crippen molar-refractivity contribution in [2.75, 3.05) is 20.1 Å². The molecular formula is C27H27ClN4O2. The number of imidazole rings is 1. The molecule has 2 aliphatic rings. The van der Waals surface area contributed by atoms with Crippen molar-refractivity contribution in [3.8, 4) is 0 Å². The molecule has 0 bridgehead atoms. The van der Waals surface area contributed by atoms with Crippen molar-refractivity contribution in [1.29, 1.82) is 0 Å². The Bertz CT molecular complexity index is 1480. The molecule has 1 atom stereocenters. The number of likely N-dealkylation sites (N-methyl/N-ethyl adjacent to an activating group) is 1. The predicted octanol–water partition coefficient (Wildman–Crippen LogP) is 4.29. The van der Waals surface area contributed by atoms with E-state index in [1.807, 2.05) is 34.9 Å². The lowest BCUT2D eigenvalue weighted by molar-refractivity contribution is -0.121. The molecule has 1 aliphatic carbocycles. The van der Waals surface area contributed by atoms with Gasteiger partial charge in [0.2, 0.25) is 5.91 Å². The van der Waals surface area contributed by atoms with E-state index in [9.17, 15) is 9.59 Å². The molecule has 2 heterocycles. The number of hydrogen-bond donors (Lipinski definition) is 1. The van der Waals surface area contributed by atoms with E-state index in [1.165, 1.54) is 16.5 Å². The van der Waals surface area contributed by atoms with E-state index in [4.69, 9.17) is 11.6 Å². The van der Waals surface area contributed by atoms with Crippen LogP contribution in [0.25, 0.3) is 21.8 Å². The minimum atomic E-state index is -0.171. The Morgan fingerprint density at radius 1 is 1.03 bits per heavy atom. The zero-order valence-electron chi connectivity index (χ0n) is 19.1. The smallest absolute Gasteiger partial charge is 0.329 e. The maximum absolute atomic E-state index is 13.4. The molecular weight excluding hydrogens is 448 g/mol. The third kappa shape index (κ3) is 3.28. The maximum Gasteiger partial charge on any atom is 0.329 e. The van der Waals surface area contributed by atoms with Gasteiger partial charge in [-0.15, -0.1) is 0 Å². The quantitative estimate of drug-likeness (QED) is 0.480. The van der Waals surface area contributed by atoms with Gasteiger partial charge in [0.05, 0.1) is 11.0 Å². The van der Waals surface area contributed by atoms with E-state index >= 15 is 0 Å². The fraction of sp³-hybridized carbons (Fsp3) is 0.333. The molecule has 3 aromatic carbocycles. The number of piperidine rings is 1. The van der Waals surface area contributed by atoms with Crippen LogP contribution in [0.1, 0.15) is 36.1 Å². The van der Waals surface area contributed by atoms with Crippen molar-refractivity contribution in [3.63, 3.8) is 0 Å². The van der Waals surface area contributed by atoms with Gasteiger partial charge in [-0.1, -0.05) is 48.0 Å². The van der Waals surface area contributed by atoms with E-state index in [0.717, 1.165) is 53.8 Å². The van der Waals surface area contributed by atoms with E-state index in [1.54, 1.807) is 11.6 Å². The number of nitrogens with zero attached hydrogens (tertiary/aromatic N) is 3. The summed E-state index contributed by atoms with van der Waals surface area (Å²) in [7, 11) is 1.60. The Morgan fingerprint density at radius 2 is 1.79 bits per heavy atom. The second kappa shape index (κ2) is 8.29. The fourth-order valence-electron chi connectivity index (χ4n) is 5.98. The summed E-state index contributed by atoms with van der Waals surface area (Å²) in [5.74, 6) is -0.171. The normalized spacial score (nSPS) is 18.7. The van der Waals surface area contributed by atoms with Gasteiger partial charge in [-0.2, -0.15) is 0 Å². The Hall–Kier alpha value is -3.09. The van der Waals surface area contributed by atoms with Crippen molar-refractivity contribution in [1.82, 2.24) is 19.4 Å². The van der Waals surface area contributed by atoms with Gasteiger partial charge in [0.1, 0.15) is 6.54 Å². The lowest BCUT2D eigenvalue weighted by Gasteiger charge is -2.37. The number of carbonyl (C=O) groups excluding carboxylic acids is 1. The number of para-hydroxylation sites is 2. The van der Waals surface area contributed by atoms with Crippen LogP contribution < -0.4 is 11.0 Å². The summed E-state index contributed by atoms with van der Waals surface area (Å²) in [6.07, 6.45) is 2.80.